The lowest BCUT2D eigenvalue weighted by molar-refractivity contribution is 0.0944. The molecule has 1 atom stereocenters. The fourth-order valence-electron chi connectivity index (χ4n) is 3.26. The van der Waals surface area contributed by atoms with Crippen LogP contribution in [-0.4, -0.2) is 46.7 Å². The zero-order chi connectivity index (χ0) is 16.8. The Balaban J connectivity index is 1.45. The first-order valence-electron chi connectivity index (χ1n) is 8.87. The summed E-state index contributed by atoms with van der Waals surface area (Å²) < 4.78 is 0. The summed E-state index contributed by atoms with van der Waals surface area (Å²) in [4.78, 5) is 14.7. The molecule has 1 fully saturated rings. The summed E-state index contributed by atoms with van der Waals surface area (Å²) in [5.41, 5.74) is 2.31. The zero-order valence-electron chi connectivity index (χ0n) is 14.3. The number of aromatic nitrogens is 2. The Kier molecular flexibility index (Phi) is 5.64. The van der Waals surface area contributed by atoms with Crippen molar-refractivity contribution in [3.63, 3.8) is 0 Å². The first-order valence-corrected chi connectivity index (χ1v) is 8.87. The average molecular weight is 326 g/mol. The third-order valence-electron chi connectivity index (χ3n) is 4.74. The molecule has 3 rings (SSSR count). The maximum absolute atomic E-state index is 12.2. The van der Waals surface area contributed by atoms with Crippen molar-refractivity contribution in [2.45, 2.75) is 38.6 Å². The van der Waals surface area contributed by atoms with Gasteiger partial charge in [0.25, 0.3) is 5.91 Å². The molecule has 128 valence electrons. The fraction of sp³-hybridized carbons (Fsp3) is 0.474. The van der Waals surface area contributed by atoms with Gasteiger partial charge in [-0.1, -0.05) is 36.8 Å². The molecule has 24 heavy (non-hydrogen) atoms. The average Bonchev–Trinajstić information content (AvgIpc) is 3.11. The summed E-state index contributed by atoms with van der Waals surface area (Å²) in [6.45, 7) is 5.24. The molecule has 0 spiro atoms. The van der Waals surface area contributed by atoms with Crippen LogP contribution < -0.4 is 5.32 Å². The number of rotatable bonds is 6. The van der Waals surface area contributed by atoms with Gasteiger partial charge in [-0.05, 0) is 38.8 Å². The van der Waals surface area contributed by atoms with Crippen LogP contribution in [0.3, 0.4) is 0 Å². The zero-order valence-corrected chi connectivity index (χ0v) is 14.3. The van der Waals surface area contributed by atoms with E-state index < -0.39 is 0 Å². The van der Waals surface area contributed by atoms with Gasteiger partial charge >= 0.3 is 0 Å². The highest BCUT2D eigenvalue weighted by molar-refractivity contribution is 5.93. The van der Waals surface area contributed by atoms with E-state index in [1.807, 2.05) is 30.3 Å². The minimum atomic E-state index is -0.0867. The molecular formula is C19H26N4O. The second-order valence-corrected chi connectivity index (χ2v) is 6.52. The van der Waals surface area contributed by atoms with E-state index >= 15 is 0 Å². The minimum Gasteiger partial charge on any atom is -0.351 e. The minimum absolute atomic E-state index is 0.0867. The van der Waals surface area contributed by atoms with E-state index in [1.54, 1.807) is 6.07 Å². The highest BCUT2D eigenvalue weighted by atomic mass is 16.1. The molecule has 1 amide bonds. The maximum atomic E-state index is 12.2. The molecule has 5 nitrogen and oxygen atoms in total. The van der Waals surface area contributed by atoms with Crippen molar-refractivity contribution in [1.29, 1.82) is 0 Å². The number of hydrogen-bond acceptors (Lipinski definition) is 3. The Morgan fingerprint density at radius 2 is 2.17 bits per heavy atom. The lowest BCUT2D eigenvalue weighted by atomic mass is 10.0. The van der Waals surface area contributed by atoms with Crippen LogP contribution in [0.25, 0.3) is 11.3 Å². The number of nitrogens with one attached hydrogen (secondary N) is 2. The van der Waals surface area contributed by atoms with Gasteiger partial charge in [0.2, 0.25) is 0 Å². The Morgan fingerprint density at radius 1 is 1.33 bits per heavy atom. The van der Waals surface area contributed by atoms with Gasteiger partial charge in [-0.15, -0.1) is 0 Å². The number of nitrogens with zero attached hydrogens (tertiary/aromatic N) is 2. The molecule has 1 aliphatic heterocycles. The number of carbonyl (C=O) groups excluding carboxylic acids is 1. The van der Waals surface area contributed by atoms with Gasteiger partial charge < -0.3 is 10.2 Å². The van der Waals surface area contributed by atoms with E-state index in [1.165, 1.54) is 25.8 Å². The molecule has 0 radical (unpaired) electrons. The Morgan fingerprint density at radius 3 is 2.96 bits per heavy atom. The second-order valence-electron chi connectivity index (χ2n) is 6.52. The normalized spacial score (nSPS) is 18.5. The molecule has 5 heteroatoms. The molecule has 0 aliphatic carbocycles. The van der Waals surface area contributed by atoms with Crippen LogP contribution in [0.4, 0.5) is 0 Å². The lowest BCUT2D eigenvalue weighted by Crippen LogP contribution is -2.39. The van der Waals surface area contributed by atoms with Crippen LogP contribution in [0.1, 0.15) is 43.1 Å². The van der Waals surface area contributed by atoms with Gasteiger partial charge in [0, 0.05) is 24.7 Å². The highest BCUT2D eigenvalue weighted by Gasteiger charge is 2.17. The molecule has 2 N–H and O–H groups in total. The third kappa shape index (κ3) is 4.23. The fourth-order valence-corrected chi connectivity index (χ4v) is 3.26. The summed E-state index contributed by atoms with van der Waals surface area (Å²) in [5.74, 6) is -0.0867. The van der Waals surface area contributed by atoms with Crippen LogP contribution in [0.15, 0.2) is 36.4 Å². The van der Waals surface area contributed by atoms with Gasteiger partial charge in [-0.3, -0.25) is 9.89 Å². The van der Waals surface area contributed by atoms with Gasteiger partial charge in [0.05, 0.1) is 5.69 Å². The van der Waals surface area contributed by atoms with Crippen LogP contribution in [-0.2, 0) is 0 Å². The van der Waals surface area contributed by atoms with Crippen molar-refractivity contribution in [3.05, 3.63) is 42.1 Å². The first kappa shape index (κ1) is 16.7. The number of aromatic amines is 1. The first-order chi connectivity index (χ1) is 11.7. The Bertz CT molecular complexity index is 652. The molecule has 0 saturated carbocycles. The Hall–Kier alpha value is -2.14. The lowest BCUT2D eigenvalue weighted by Gasteiger charge is -2.33. The predicted octanol–water partition coefficient (Wildman–Crippen LogP) is 3.07. The number of benzene rings is 1. The quantitative estimate of drug-likeness (QED) is 0.802. The van der Waals surface area contributed by atoms with Crippen LogP contribution >= 0.6 is 0 Å². The number of H-pyrrole nitrogens is 1. The molecule has 1 saturated heterocycles. The van der Waals surface area contributed by atoms with Crippen molar-refractivity contribution >= 4 is 5.91 Å². The number of amides is 1. The van der Waals surface area contributed by atoms with E-state index in [2.05, 4.69) is 27.3 Å². The van der Waals surface area contributed by atoms with Crippen molar-refractivity contribution in [2.75, 3.05) is 19.6 Å². The summed E-state index contributed by atoms with van der Waals surface area (Å²) in [6, 6.07) is 12.3. The van der Waals surface area contributed by atoms with Gasteiger partial charge in [0.15, 0.2) is 0 Å². The van der Waals surface area contributed by atoms with E-state index in [0.29, 0.717) is 18.3 Å². The maximum Gasteiger partial charge on any atom is 0.269 e. The molecule has 0 bridgehead atoms. The molecular weight excluding hydrogens is 300 g/mol. The van der Waals surface area contributed by atoms with Crippen molar-refractivity contribution < 1.29 is 4.79 Å². The SMILES string of the molecule is C[C@@H]1CCCCN1CCCNC(=O)c1cc(-c2ccccc2)n[nH]1. The number of piperidine rings is 1. The predicted molar refractivity (Wildman–Crippen MR) is 95.9 cm³/mol. The topological polar surface area (TPSA) is 61.0 Å². The third-order valence-corrected chi connectivity index (χ3v) is 4.74. The van der Waals surface area contributed by atoms with Crippen molar-refractivity contribution in [3.8, 4) is 11.3 Å². The summed E-state index contributed by atoms with van der Waals surface area (Å²) in [6.07, 6.45) is 4.92. The van der Waals surface area contributed by atoms with E-state index in [4.69, 9.17) is 0 Å². The molecule has 1 aliphatic rings. The molecule has 1 aromatic carbocycles. The number of hydrogen-bond donors (Lipinski definition) is 2. The van der Waals surface area contributed by atoms with Crippen LogP contribution in [0.2, 0.25) is 0 Å². The van der Waals surface area contributed by atoms with Crippen LogP contribution in [0.5, 0.6) is 0 Å². The molecule has 1 aromatic heterocycles. The largest absolute Gasteiger partial charge is 0.351 e. The van der Waals surface area contributed by atoms with E-state index in [-0.39, 0.29) is 5.91 Å². The molecule has 2 heterocycles. The second kappa shape index (κ2) is 8.11. The summed E-state index contributed by atoms with van der Waals surface area (Å²) >= 11 is 0. The smallest absolute Gasteiger partial charge is 0.269 e. The van der Waals surface area contributed by atoms with Crippen molar-refractivity contribution in [2.24, 2.45) is 0 Å². The van der Waals surface area contributed by atoms with Gasteiger partial charge in [-0.25, -0.2) is 0 Å². The highest BCUT2D eigenvalue weighted by Crippen LogP contribution is 2.17. The molecule has 2 aromatic rings. The Labute approximate surface area is 143 Å². The standard InChI is InChI=1S/C19H26N4O/c1-15-8-5-6-12-23(15)13-7-11-20-19(24)18-14-17(21-22-18)16-9-3-2-4-10-16/h2-4,9-10,14-15H,5-8,11-13H2,1H3,(H,20,24)(H,21,22)/t15-/m1/s1. The van der Waals surface area contributed by atoms with E-state index in [0.717, 1.165) is 24.2 Å². The van der Waals surface area contributed by atoms with Gasteiger partial charge in [0.1, 0.15) is 5.69 Å². The van der Waals surface area contributed by atoms with Gasteiger partial charge in [-0.2, -0.15) is 5.10 Å². The summed E-state index contributed by atoms with van der Waals surface area (Å²) in [7, 11) is 0. The summed E-state index contributed by atoms with van der Waals surface area (Å²) in [5, 5.41) is 10.0. The van der Waals surface area contributed by atoms with E-state index in [9.17, 15) is 4.79 Å². The molecule has 0 unspecified atom stereocenters. The number of likely N-dealkylation sites (tertiary alicyclic amines) is 1. The monoisotopic (exact) mass is 326 g/mol. The number of carbonyl (C=O) groups is 1. The van der Waals surface area contributed by atoms with Crippen molar-refractivity contribution in [1.82, 2.24) is 20.4 Å². The van der Waals surface area contributed by atoms with Crippen LogP contribution in [0, 0.1) is 0 Å².